The first-order valence-electron chi connectivity index (χ1n) is 8.42. The van der Waals surface area contributed by atoms with Crippen molar-refractivity contribution < 1.29 is 9.53 Å². The van der Waals surface area contributed by atoms with E-state index in [0.717, 1.165) is 44.8 Å². The number of pyridine rings is 1. The van der Waals surface area contributed by atoms with Gasteiger partial charge in [-0.25, -0.2) is 9.78 Å². The zero-order valence-corrected chi connectivity index (χ0v) is 14.6. The standard InChI is InChI=1S/C18H27N3O2/c1-14-5-6-15(19-11-14)20-9-7-18(12-20)8-10-21(13-18)16(22)23-17(2,3)4/h5-6,11H,7-10,12-13H2,1-4H3. The molecule has 1 spiro atoms. The van der Waals surface area contributed by atoms with Gasteiger partial charge in [-0.1, -0.05) is 6.07 Å². The molecular weight excluding hydrogens is 290 g/mol. The molecule has 3 rings (SSSR count). The molecule has 1 aromatic heterocycles. The van der Waals surface area contributed by atoms with Crippen LogP contribution in [0, 0.1) is 12.3 Å². The van der Waals surface area contributed by atoms with E-state index >= 15 is 0 Å². The van der Waals surface area contributed by atoms with E-state index < -0.39 is 5.60 Å². The number of aryl methyl sites for hydroxylation is 1. The Hall–Kier alpha value is -1.78. The smallest absolute Gasteiger partial charge is 0.410 e. The maximum Gasteiger partial charge on any atom is 0.410 e. The highest BCUT2D eigenvalue weighted by molar-refractivity contribution is 5.68. The molecule has 2 fully saturated rings. The van der Waals surface area contributed by atoms with Crippen molar-refractivity contribution in [1.29, 1.82) is 0 Å². The van der Waals surface area contributed by atoms with Crippen molar-refractivity contribution in [3.63, 3.8) is 0 Å². The molecule has 5 nitrogen and oxygen atoms in total. The molecule has 5 heteroatoms. The predicted octanol–water partition coefficient (Wildman–Crippen LogP) is 3.23. The van der Waals surface area contributed by atoms with Crippen LogP contribution in [0.15, 0.2) is 18.3 Å². The summed E-state index contributed by atoms with van der Waals surface area (Å²) in [6.45, 7) is 11.4. The molecule has 0 radical (unpaired) electrons. The summed E-state index contributed by atoms with van der Waals surface area (Å²) >= 11 is 0. The molecule has 0 aliphatic carbocycles. The monoisotopic (exact) mass is 317 g/mol. The van der Waals surface area contributed by atoms with Crippen molar-refractivity contribution in [1.82, 2.24) is 9.88 Å². The fraction of sp³-hybridized carbons (Fsp3) is 0.667. The van der Waals surface area contributed by atoms with Crippen molar-refractivity contribution in [2.24, 2.45) is 5.41 Å². The van der Waals surface area contributed by atoms with E-state index in [0.29, 0.717) is 0 Å². The highest BCUT2D eigenvalue weighted by Gasteiger charge is 2.45. The lowest BCUT2D eigenvalue weighted by atomic mass is 9.86. The molecule has 2 aliphatic heterocycles. The van der Waals surface area contributed by atoms with E-state index in [4.69, 9.17) is 4.74 Å². The van der Waals surface area contributed by atoms with E-state index in [1.165, 1.54) is 5.56 Å². The van der Waals surface area contributed by atoms with Gasteiger partial charge >= 0.3 is 6.09 Å². The Morgan fingerprint density at radius 2 is 1.96 bits per heavy atom. The van der Waals surface area contributed by atoms with Gasteiger partial charge in [0, 0.05) is 37.8 Å². The fourth-order valence-electron chi connectivity index (χ4n) is 3.53. The Kier molecular flexibility index (Phi) is 3.98. The first kappa shape index (κ1) is 16.1. The number of anilines is 1. The van der Waals surface area contributed by atoms with Crippen LogP contribution < -0.4 is 4.90 Å². The van der Waals surface area contributed by atoms with Crippen LogP contribution in [0.1, 0.15) is 39.2 Å². The molecule has 1 unspecified atom stereocenters. The maximum absolute atomic E-state index is 12.3. The Labute approximate surface area is 138 Å². The van der Waals surface area contributed by atoms with Crippen LogP contribution in [-0.2, 0) is 4.74 Å². The lowest BCUT2D eigenvalue weighted by Crippen LogP contribution is -2.37. The molecule has 0 N–H and O–H groups in total. The van der Waals surface area contributed by atoms with Gasteiger partial charge in [0.15, 0.2) is 0 Å². The summed E-state index contributed by atoms with van der Waals surface area (Å²) in [5, 5.41) is 0. The number of carbonyl (C=O) groups excluding carboxylic acids is 1. The summed E-state index contributed by atoms with van der Waals surface area (Å²) in [6.07, 6.45) is 3.90. The maximum atomic E-state index is 12.3. The number of hydrogen-bond acceptors (Lipinski definition) is 4. The summed E-state index contributed by atoms with van der Waals surface area (Å²) in [6, 6.07) is 4.20. The number of hydrogen-bond donors (Lipinski definition) is 0. The zero-order valence-electron chi connectivity index (χ0n) is 14.6. The quantitative estimate of drug-likeness (QED) is 0.798. The molecule has 23 heavy (non-hydrogen) atoms. The molecule has 0 aromatic carbocycles. The predicted molar refractivity (Wildman–Crippen MR) is 90.7 cm³/mol. The minimum absolute atomic E-state index is 0.179. The van der Waals surface area contributed by atoms with E-state index in [-0.39, 0.29) is 11.5 Å². The van der Waals surface area contributed by atoms with Crippen molar-refractivity contribution in [3.8, 4) is 0 Å². The molecule has 0 bridgehead atoms. The normalized spacial score (nSPS) is 24.5. The molecule has 3 heterocycles. The molecule has 0 saturated carbocycles. The molecule has 126 valence electrons. The minimum Gasteiger partial charge on any atom is -0.444 e. The van der Waals surface area contributed by atoms with E-state index in [9.17, 15) is 4.79 Å². The molecular formula is C18H27N3O2. The van der Waals surface area contributed by atoms with E-state index in [1.807, 2.05) is 31.9 Å². The number of amides is 1. The Balaban J connectivity index is 1.62. The first-order chi connectivity index (χ1) is 10.8. The average molecular weight is 317 g/mol. The second kappa shape index (κ2) is 5.69. The van der Waals surface area contributed by atoms with Gasteiger partial charge in [0.2, 0.25) is 0 Å². The van der Waals surface area contributed by atoms with Crippen molar-refractivity contribution >= 4 is 11.9 Å². The largest absolute Gasteiger partial charge is 0.444 e. The summed E-state index contributed by atoms with van der Waals surface area (Å²) in [4.78, 5) is 21.0. The number of rotatable bonds is 1. The third kappa shape index (κ3) is 3.59. The van der Waals surface area contributed by atoms with Crippen LogP contribution in [-0.4, -0.2) is 47.8 Å². The molecule has 2 aliphatic rings. The summed E-state index contributed by atoms with van der Waals surface area (Å²) in [5.74, 6) is 1.04. The number of ether oxygens (including phenoxy) is 1. The molecule has 1 amide bonds. The Morgan fingerprint density at radius 1 is 1.22 bits per heavy atom. The van der Waals surface area contributed by atoms with Crippen LogP contribution >= 0.6 is 0 Å². The number of likely N-dealkylation sites (tertiary alicyclic amines) is 1. The van der Waals surface area contributed by atoms with Gasteiger partial charge in [0.25, 0.3) is 0 Å². The van der Waals surface area contributed by atoms with Gasteiger partial charge in [-0.2, -0.15) is 0 Å². The van der Waals surface area contributed by atoms with Gasteiger partial charge in [0.1, 0.15) is 11.4 Å². The topological polar surface area (TPSA) is 45.7 Å². The fourth-order valence-corrected chi connectivity index (χ4v) is 3.53. The van der Waals surface area contributed by atoms with Crippen LogP contribution in [0.2, 0.25) is 0 Å². The number of carbonyl (C=O) groups is 1. The minimum atomic E-state index is -0.430. The zero-order chi connectivity index (χ0) is 16.7. The van der Waals surface area contributed by atoms with E-state index in [1.54, 1.807) is 0 Å². The number of aromatic nitrogens is 1. The average Bonchev–Trinajstić information content (AvgIpc) is 3.06. The third-order valence-electron chi connectivity index (χ3n) is 4.75. The third-order valence-corrected chi connectivity index (χ3v) is 4.75. The summed E-state index contributed by atoms with van der Waals surface area (Å²) < 4.78 is 5.51. The van der Waals surface area contributed by atoms with Gasteiger partial charge in [-0.3, -0.25) is 0 Å². The molecule has 1 atom stereocenters. The van der Waals surface area contributed by atoms with Crippen LogP contribution in [0.5, 0.6) is 0 Å². The van der Waals surface area contributed by atoms with Crippen molar-refractivity contribution in [2.45, 2.75) is 46.1 Å². The van der Waals surface area contributed by atoms with Crippen LogP contribution in [0.3, 0.4) is 0 Å². The Morgan fingerprint density at radius 3 is 2.61 bits per heavy atom. The van der Waals surface area contributed by atoms with Crippen LogP contribution in [0.4, 0.5) is 10.6 Å². The van der Waals surface area contributed by atoms with Crippen molar-refractivity contribution in [3.05, 3.63) is 23.9 Å². The second-order valence-corrected chi connectivity index (χ2v) is 8.02. The SMILES string of the molecule is Cc1ccc(N2CCC3(CCN(C(=O)OC(C)(C)C)C3)C2)nc1. The number of nitrogens with zero attached hydrogens (tertiary/aromatic N) is 3. The molecule has 1 aromatic rings. The lowest BCUT2D eigenvalue weighted by Gasteiger charge is -2.27. The Bertz CT molecular complexity index is 579. The summed E-state index contributed by atoms with van der Waals surface area (Å²) in [7, 11) is 0. The van der Waals surface area contributed by atoms with Crippen molar-refractivity contribution in [2.75, 3.05) is 31.1 Å². The van der Waals surface area contributed by atoms with Gasteiger partial charge < -0.3 is 14.5 Å². The second-order valence-electron chi connectivity index (χ2n) is 8.02. The van der Waals surface area contributed by atoms with E-state index in [2.05, 4.69) is 28.9 Å². The van der Waals surface area contributed by atoms with Gasteiger partial charge in [0.05, 0.1) is 0 Å². The first-order valence-corrected chi connectivity index (χ1v) is 8.42. The van der Waals surface area contributed by atoms with Crippen LogP contribution in [0.25, 0.3) is 0 Å². The highest BCUT2D eigenvalue weighted by atomic mass is 16.6. The summed E-state index contributed by atoms with van der Waals surface area (Å²) in [5.41, 5.74) is 0.948. The van der Waals surface area contributed by atoms with Gasteiger partial charge in [-0.05, 0) is 52.2 Å². The highest BCUT2D eigenvalue weighted by Crippen LogP contribution is 2.41. The molecule has 2 saturated heterocycles. The van der Waals surface area contributed by atoms with Gasteiger partial charge in [-0.15, -0.1) is 0 Å². The lowest BCUT2D eigenvalue weighted by molar-refractivity contribution is 0.0276.